The standard InChI is InChI=1S/C10H9ClF2O2/c1-15-10(14)4-6-7(5-11)9(13)3-2-8(6)12/h2-3H,4-5H2,1H3. The molecular formula is C10H9ClF2O2. The molecule has 0 aliphatic carbocycles. The van der Waals surface area contributed by atoms with Gasteiger partial charge in [0.15, 0.2) is 0 Å². The molecule has 0 N–H and O–H groups in total. The molecule has 0 aliphatic heterocycles. The average Bonchev–Trinajstić information content (AvgIpc) is 2.23. The van der Waals surface area contributed by atoms with Gasteiger partial charge in [0.25, 0.3) is 0 Å². The summed E-state index contributed by atoms with van der Waals surface area (Å²) in [5.41, 5.74) is -0.0427. The maximum atomic E-state index is 13.3. The van der Waals surface area contributed by atoms with Crippen molar-refractivity contribution in [2.45, 2.75) is 12.3 Å². The van der Waals surface area contributed by atoms with Crippen LogP contribution in [0.2, 0.25) is 0 Å². The number of carbonyl (C=O) groups is 1. The highest BCUT2D eigenvalue weighted by Crippen LogP contribution is 2.20. The zero-order valence-electron chi connectivity index (χ0n) is 8.02. The number of halogens is 3. The summed E-state index contributed by atoms with van der Waals surface area (Å²) in [7, 11) is 1.18. The Bertz CT molecular complexity index is 380. The summed E-state index contributed by atoms with van der Waals surface area (Å²) in [4.78, 5) is 11.0. The number of methoxy groups -OCH3 is 1. The minimum absolute atomic E-state index is 0.00191. The maximum absolute atomic E-state index is 13.3. The molecule has 1 aromatic carbocycles. The fourth-order valence-corrected chi connectivity index (χ4v) is 1.48. The van der Waals surface area contributed by atoms with Gasteiger partial charge in [0.2, 0.25) is 0 Å². The van der Waals surface area contributed by atoms with E-state index in [1.54, 1.807) is 0 Å². The lowest BCUT2D eigenvalue weighted by atomic mass is 10.0. The van der Waals surface area contributed by atoms with Gasteiger partial charge in [-0.25, -0.2) is 8.78 Å². The number of rotatable bonds is 3. The lowest BCUT2D eigenvalue weighted by molar-refractivity contribution is -0.139. The minimum atomic E-state index is -0.655. The van der Waals surface area contributed by atoms with Crippen molar-refractivity contribution in [3.8, 4) is 0 Å². The van der Waals surface area contributed by atoms with Gasteiger partial charge in [0, 0.05) is 11.1 Å². The van der Waals surface area contributed by atoms with Crippen LogP contribution in [0, 0.1) is 11.6 Å². The largest absolute Gasteiger partial charge is 0.469 e. The molecule has 1 rings (SSSR count). The first kappa shape index (κ1) is 11.9. The van der Waals surface area contributed by atoms with Crippen molar-refractivity contribution in [1.82, 2.24) is 0 Å². The molecule has 1 aromatic rings. The molecule has 0 saturated carbocycles. The van der Waals surface area contributed by atoms with E-state index in [0.29, 0.717) is 0 Å². The lowest BCUT2D eigenvalue weighted by Gasteiger charge is -2.08. The summed E-state index contributed by atoms with van der Waals surface area (Å²) < 4.78 is 30.8. The lowest BCUT2D eigenvalue weighted by Crippen LogP contribution is -2.09. The van der Waals surface area contributed by atoms with Crippen LogP contribution in [-0.2, 0) is 21.8 Å². The number of hydrogen-bond donors (Lipinski definition) is 0. The Morgan fingerprint density at radius 1 is 1.33 bits per heavy atom. The van der Waals surface area contributed by atoms with Crippen molar-refractivity contribution in [2.24, 2.45) is 0 Å². The molecule has 0 fully saturated rings. The molecule has 0 radical (unpaired) electrons. The van der Waals surface area contributed by atoms with Gasteiger partial charge in [-0.3, -0.25) is 4.79 Å². The third kappa shape index (κ3) is 2.65. The summed E-state index contributed by atoms with van der Waals surface area (Å²) in [5, 5.41) is 0. The highest BCUT2D eigenvalue weighted by Gasteiger charge is 2.16. The average molecular weight is 235 g/mol. The second kappa shape index (κ2) is 5.07. The zero-order valence-corrected chi connectivity index (χ0v) is 8.78. The third-order valence-corrected chi connectivity index (χ3v) is 2.27. The van der Waals surface area contributed by atoms with Gasteiger partial charge in [-0.05, 0) is 12.1 Å². The van der Waals surface area contributed by atoms with Gasteiger partial charge < -0.3 is 4.74 Å². The fraction of sp³-hybridized carbons (Fsp3) is 0.300. The highest BCUT2D eigenvalue weighted by molar-refractivity contribution is 6.17. The van der Waals surface area contributed by atoms with Gasteiger partial charge in [-0.15, -0.1) is 11.6 Å². The molecule has 0 aliphatic rings. The Kier molecular flexibility index (Phi) is 4.03. The predicted molar refractivity (Wildman–Crippen MR) is 51.6 cm³/mol. The Labute approximate surface area is 90.8 Å². The Balaban J connectivity index is 3.13. The van der Waals surface area contributed by atoms with E-state index in [1.165, 1.54) is 7.11 Å². The monoisotopic (exact) mass is 234 g/mol. The Morgan fingerprint density at radius 3 is 2.33 bits per heavy atom. The van der Waals surface area contributed by atoms with Crippen LogP contribution in [0.1, 0.15) is 11.1 Å². The zero-order chi connectivity index (χ0) is 11.4. The van der Waals surface area contributed by atoms with Crippen LogP contribution < -0.4 is 0 Å². The van der Waals surface area contributed by atoms with Gasteiger partial charge >= 0.3 is 5.97 Å². The van der Waals surface area contributed by atoms with Crippen LogP contribution in [0.25, 0.3) is 0 Å². The van der Waals surface area contributed by atoms with Gasteiger partial charge in [0.05, 0.1) is 19.4 Å². The van der Waals surface area contributed by atoms with Crippen LogP contribution in [-0.4, -0.2) is 13.1 Å². The van der Waals surface area contributed by atoms with Crippen LogP contribution >= 0.6 is 11.6 Å². The molecule has 0 unspecified atom stereocenters. The number of carbonyl (C=O) groups excluding carboxylic acids is 1. The summed E-state index contributed by atoms with van der Waals surface area (Å²) in [6.07, 6.45) is -0.317. The number of ether oxygens (including phenoxy) is 1. The first-order chi connectivity index (χ1) is 7.10. The fourth-order valence-electron chi connectivity index (χ4n) is 1.19. The van der Waals surface area contributed by atoms with E-state index in [9.17, 15) is 13.6 Å². The van der Waals surface area contributed by atoms with Gasteiger partial charge in [-0.2, -0.15) is 0 Å². The number of alkyl halides is 1. The van der Waals surface area contributed by atoms with Crippen molar-refractivity contribution >= 4 is 17.6 Å². The normalized spacial score (nSPS) is 10.1. The van der Waals surface area contributed by atoms with E-state index < -0.39 is 17.6 Å². The van der Waals surface area contributed by atoms with Gasteiger partial charge in [-0.1, -0.05) is 0 Å². The Hall–Kier alpha value is -1.16. The van der Waals surface area contributed by atoms with E-state index >= 15 is 0 Å². The molecule has 0 amide bonds. The predicted octanol–water partition coefficient (Wildman–Crippen LogP) is 2.42. The van der Waals surface area contributed by atoms with Crippen LogP contribution in [0.4, 0.5) is 8.78 Å². The summed E-state index contributed by atoms with van der Waals surface area (Å²) in [6, 6.07) is 1.94. The molecule has 2 nitrogen and oxygen atoms in total. The van der Waals surface area contributed by atoms with Crippen molar-refractivity contribution in [1.29, 1.82) is 0 Å². The van der Waals surface area contributed by atoms with Crippen molar-refractivity contribution in [3.05, 3.63) is 34.9 Å². The Morgan fingerprint density at radius 2 is 1.87 bits per heavy atom. The van der Waals surface area contributed by atoms with Crippen molar-refractivity contribution in [3.63, 3.8) is 0 Å². The first-order valence-electron chi connectivity index (χ1n) is 4.18. The smallest absolute Gasteiger partial charge is 0.310 e. The van der Waals surface area contributed by atoms with E-state index in [1.807, 2.05) is 0 Å². The number of hydrogen-bond acceptors (Lipinski definition) is 2. The molecule has 5 heteroatoms. The SMILES string of the molecule is COC(=O)Cc1c(F)ccc(F)c1CCl. The van der Waals surface area contributed by atoms with Crippen LogP contribution in [0.5, 0.6) is 0 Å². The molecule has 0 atom stereocenters. The topological polar surface area (TPSA) is 26.3 Å². The second-order valence-corrected chi connectivity index (χ2v) is 3.14. The van der Waals surface area contributed by atoms with E-state index in [-0.39, 0.29) is 23.4 Å². The van der Waals surface area contributed by atoms with Crippen molar-refractivity contribution in [2.75, 3.05) is 7.11 Å². The number of benzene rings is 1. The molecule has 15 heavy (non-hydrogen) atoms. The molecule has 0 aromatic heterocycles. The molecule has 0 spiro atoms. The van der Waals surface area contributed by atoms with E-state index in [0.717, 1.165) is 12.1 Å². The molecule has 0 saturated heterocycles. The van der Waals surface area contributed by atoms with E-state index in [2.05, 4.69) is 4.74 Å². The molecular weight excluding hydrogens is 226 g/mol. The summed E-state index contributed by atoms with van der Waals surface area (Å²) in [5.74, 6) is -2.09. The molecule has 0 heterocycles. The number of esters is 1. The molecule has 0 bridgehead atoms. The summed E-state index contributed by atoms with van der Waals surface area (Å²) in [6.45, 7) is 0. The molecule has 82 valence electrons. The minimum Gasteiger partial charge on any atom is -0.469 e. The third-order valence-electron chi connectivity index (χ3n) is 2.00. The maximum Gasteiger partial charge on any atom is 0.310 e. The second-order valence-electron chi connectivity index (χ2n) is 2.87. The van der Waals surface area contributed by atoms with Crippen molar-refractivity contribution < 1.29 is 18.3 Å². The first-order valence-corrected chi connectivity index (χ1v) is 4.72. The highest BCUT2D eigenvalue weighted by atomic mass is 35.5. The van der Waals surface area contributed by atoms with Gasteiger partial charge in [0.1, 0.15) is 11.6 Å². The van der Waals surface area contributed by atoms with Crippen LogP contribution in [0.3, 0.4) is 0 Å². The summed E-state index contributed by atoms with van der Waals surface area (Å²) >= 11 is 5.48. The van der Waals surface area contributed by atoms with Crippen LogP contribution in [0.15, 0.2) is 12.1 Å². The van der Waals surface area contributed by atoms with E-state index in [4.69, 9.17) is 11.6 Å². The quantitative estimate of drug-likeness (QED) is 0.593.